The lowest BCUT2D eigenvalue weighted by Gasteiger charge is -2.23. The summed E-state index contributed by atoms with van der Waals surface area (Å²) in [6.45, 7) is 1.99. The third-order valence-electron chi connectivity index (χ3n) is 4.87. The lowest BCUT2D eigenvalue weighted by atomic mass is 9.97. The molecule has 1 N–H and O–H groups in total. The Hall–Kier alpha value is -2.41. The molecule has 24 heavy (non-hydrogen) atoms. The van der Waals surface area contributed by atoms with Crippen molar-refractivity contribution in [1.29, 1.82) is 0 Å². The number of aryl methyl sites for hydroxylation is 1. The van der Waals surface area contributed by atoms with Crippen LogP contribution in [-0.2, 0) is 11.8 Å². The minimum atomic E-state index is -0.243. The van der Waals surface area contributed by atoms with E-state index in [4.69, 9.17) is 4.74 Å². The van der Waals surface area contributed by atoms with Gasteiger partial charge in [0, 0.05) is 38.6 Å². The molecule has 0 radical (unpaired) electrons. The minimum Gasteiger partial charge on any atom is -0.371 e. The van der Waals surface area contributed by atoms with Crippen LogP contribution >= 0.6 is 0 Å². The van der Waals surface area contributed by atoms with Gasteiger partial charge in [-0.2, -0.15) is 0 Å². The van der Waals surface area contributed by atoms with Crippen molar-refractivity contribution < 1.29 is 9.53 Å². The maximum absolute atomic E-state index is 12.7. The number of amides is 1. The smallest absolute Gasteiger partial charge is 0.270 e. The van der Waals surface area contributed by atoms with E-state index in [1.165, 1.54) is 0 Å². The highest BCUT2D eigenvalue weighted by Crippen LogP contribution is 2.36. The highest BCUT2D eigenvalue weighted by Gasteiger charge is 2.47. The molecule has 2 atom stereocenters. The van der Waals surface area contributed by atoms with E-state index in [0.29, 0.717) is 19.1 Å². The average Bonchev–Trinajstić information content (AvgIpc) is 3.30. The minimum absolute atomic E-state index is 0.0748. The number of nitrogens with zero attached hydrogens (tertiary/aromatic N) is 4. The Morgan fingerprint density at radius 2 is 2.21 bits per heavy atom. The standard InChI is InChI=1S/C17H21N5O2/c1-21-8-2-4-14(21)15(23)22-9-5-17(12-22)10-13(11-24-17)20-16-18-6-3-7-19-16/h2-4,6-8,13H,5,9-12H2,1H3,(H,18,19,20)/t13-,17+/m0/s1. The molecule has 0 aromatic carbocycles. The van der Waals surface area contributed by atoms with Crippen LogP contribution in [-0.4, -0.2) is 56.7 Å². The van der Waals surface area contributed by atoms with Crippen molar-refractivity contribution in [2.45, 2.75) is 24.5 Å². The Kier molecular flexibility index (Phi) is 3.72. The first kappa shape index (κ1) is 15.1. The van der Waals surface area contributed by atoms with Gasteiger partial charge in [-0.25, -0.2) is 9.97 Å². The van der Waals surface area contributed by atoms with E-state index < -0.39 is 0 Å². The highest BCUT2D eigenvalue weighted by molar-refractivity contribution is 5.93. The van der Waals surface area contributed by atoms with E-state index in [1.807, 2.05) is 34.8 Å². The van der Waals surface area contributed by atoms with Gasteiger partial charge in [0.05, 0.1) is 24.8 Å². The van der Waals surface area contributed by atoms with Gasteiger partial charge in [-0.15, -0.1) is 0 Å². The van der Waals surface area contributed by atoms with Crippen molar-refractivity contribution in [2.24, 2.45) is 7.05 Å². The van der Waals surface area contributed by atoms with Crippen LogP contribution in [0.3, 0.4) is 0 Å². The Bertz CT molecular complexity index is 732. The Morgan fingerprint density at radius 3 is 2.96 bits per heavy atom. The van der Waals surface area contributed by atoms with Gasteiger partial charge in [0.1, 0.15) is 5.69 Å². The normalized spacial score (nSPS) is 26.2. The lowest BCUT2D eigenvalue weighted by molar-refractivity contribution is 0.0124. The maximum atomic E-state index is 12.7. The predicted molar refractivity (Wildman–Crippen MR) is 88.7 cm³/mol. The molecule has 4 rings (SSSR count). The van der Waals surface area contributed by atoms with Gasteiger partial charge in [-0.3, -0.25) is 4.79 Å². The van der Waals surface area contributed by atoms with Gasteiger partial charge in [-0.1, -0.05) is 0 Å². The third-order valence-corrected chi connectivity index (χ3v) is 4.87. The molecule has 2 aliphatic rings. The molecule has 4 heterocycles. The molecule has 2 aliphatic heterocycles. The lowest BCUT2D eigenvalue weighted by Crippen LogP contribution is -2.37. The number of carbonyl (C=O) groups is 1. The van der Waals surface area contributed by atoms with Crippen LogP contribution in [0.2, 0.25) is 0 Å². The van der Waals surface area contributed by atoms with Gasteiger partial charge >= 0.3 is 0 Å². The van der Waals surface area contributed by atoms with Gasteiger partial charge in [0.25, 0.3) is 5.91 Å². The van der Waals surface area contributed by atoms with E-state index in [-0.39, 0.29) is 17.6 Å². The van der Waals surface area contributed by atoms with Crippen LogP contribution in [0.4, 0.5) is 5.95 Å². The summed E-state index contributed by atoms with van der Waals surface area (Å²) in [6.07, 6.45) is 7.07. The highest BCUT2D eigenvalue weighted by atomic mass is 16.5. The predicted octanol–water partition coefficient (Wildman–Crippen LogP) is 1.30. The van der Waals surface area contributed by atoms with Crippen molar-refractivity contribution in [2.75, 3.05) is 25.0 Å². The zero-order valence-corrected chi connectivity index (χ0v) is 13.7. The van der Waals surface area contributed by atoms with Gasteiger partial charge in [0.15, 0.2) is 0 Å². The molecule has 7 heteroatoms. The molecule has 126 valence electrons. The summed E-state index contributed by atoms with van der Waals surface area (Å²) in [6, 6.07) is 5.73. The molecule has 1 spiro atoms. The van der Waals surface area contributed by atoms with Crippen LogP contribution in [0.25, 0.3) is 0 Å². The summed E-state index contributed by atoms with van der Waals surface area (Å²) >= 11 is 0. The van der Waals surface area contributed by atoms with Gasteiger partial charge < -0.3 is 19.5 Å². The topological polar surface area (TPSA) is 72.3 Å². The molecule has 0 aliphatic carbocycles. The van der Waals surface area contributed by atoms with Crippen molar-refractivity contribution in [1.82, 2.24) is 19.4 Å². The first-order valence-corrected chi connectivity index (χ1v) is 8.23. The van der Waals surface area contributed by atoms with Crippen molar-refractivity contribution in [3.8, 4) is 0 Å². The summed E-state index contributed by atoms with van der Waals surface area (Å²) in [4.78, 5) is 23.0. The van der Waals surface area contributed by atoms with Gasteiger partial charge in [-0.05, 0) is 24.6 Å². The molecule has 0 saturated carbocycles. The number of rotatable bonds is 3. The third kappa shape index (κ3) is 2.75. The summed E-state index contributed by atoms with van der Waals surface area (Å²) in [7, 11) is 1.89. The summed E-state index contributed by atoms with van der Waals surface area (Å²) in [5.74, 6) is 0.698. The van der Waals surface area contributed by atoms with E-state index >= 15 is 0 Å². The van der Waals surface area contributed by atoms with E-state index in [2.05, 4.69) is 15.3 Å². The van der Waals surface area contributed by atoms with Crippen LogP contribution in [0.1, 0.15) is 23.3 Å². The maximum Gasteiger partial charge on any atom is 0.270 e. The average molecular weight is 327 g/mol. The molecule has 0 unspecified atom stereocenters. The van der Waals surface area contributed by atoms with E-state index in [9.17, 15) is 4.79 Å². The van der Waals surface area contributed by atoms with Crippen molar-refractivity contribution in [3.05, 3.63) is 42.5 Å². The second-order valence-electron chi connectivity index (χ2n) is 6.59. The molecule has 2 fully saturated rings. The number of anilines is 1. The van der Waals surface area contributed by atoms with Crippen LogP contribution in [0.15, 0.2) is 36.8 Å². The largest absolute Gasteiger partial charge is 0.371 e. The molecule has 2 aromatic heterocycles. The molecule has 1 amide bonds. The number of aromatic nitrogens is 3. The number of hydrogen-bond acceptors (Lipinski definition) is 5. The second-order valence-corrected chi connectivity index (χ2v) is 6.59. The van der Waals surface area contributed by atoms with Crippen LogP contribution < -0.4 is 5.32 Å². The number of ether oxygens (including phenoxy) is 1. The van der Waals surface area contributed by atoms with E-state index in [1.54, 1.807) is 18.5 Å². The fourth-order valence-corrected chi connectivity index (χ4v) is 3.64. The monoisotopic (exact) mass is 327 g/mol. The molecule has 2 aromatic rings. The Balaban J connectivity index is 1.40. The molecule has 0 bridgehead atoms. The SMILES string of the molecule is Cn1cccc1C(=O)N1CC[C@@]2(C[C@H](Nc3ncccn3)CO2)C1. The summed E-state index contributed by atoms with van der Waals surface area (Å²) in [5, 5.41) is 3.32. The fourth-order valence-electron chi connectivity index (χ4n) is 3.64. The summed E-state index contributed by atoms with van der Waals surface area (Å²) < 4.78 is 7.96. The Labute approximate surface area is 140 Å². The first-order chi connectivity index (χ1) is 11.7. The molecular formula is C17H21N5O2. The van der Waals surface area contributed by atoms with Crippen LogP contribution in [0.5, 0.6) is 0 Å². The molecule has 7 nitrogen and oxygen atoms in total. The first-order valence-electron chi connectivity index (χ1n) is 8.23. The number of nitrogens with one attached hydrogen (secondary N) is 1. The Morgan fingerprint density at radius 1 is 1.38 bits per heavy atom. The molecule has 2 saturated heterocycles. The van der Waals surface area contributed by atoms with Gasteiger partial charge in [0.2, 0.25) is 5.95 Å². The quantitative estimate of drug-likeness (QED) is 0.920. The number of likely N-dealkylation sites (tertiary alicyclic amines) is 1. The fraction of sp³-hybridized carbons (Fsp3) is 0.471. The van der Waals surface area contributed by atoms with Crippen LogP contribution in [0, 0.1) is 0 Å². The number of carbonyl (C=O) groups excluding carboxylic acids is 1. The summed E-state index contributed by atoms with van der Waals surface area (Å²) in [5.41, 5.74) is 0.477. The molecular weight excluding hydrogens is 306 g/mol. The second kappa shape index (κ2) is 5.90. The number of hydrogen-bond donors (Lipinski definition) is 1. The van der Waals surface area contributed by atoms with Crippen molar-refractivity contribution in [3.63, 3.8) is 0 Å². The zero-order valence-electron chi connectivity index (χ0n) is 13.7. The van der Waals surface area contributed by atoms with E-state index in [0.717, 1.165) is 25.1 Å². The zero-order chi connectivity index (χ0) is 16.6. The van der Waals surface area contributed by atoms with Crippen molar-refractivity contribution >= 4 is 11.9 Å².